The van der Waals surface area contributed by atoms with Crippen LogP contribution in [-0.2, 0) is 0 Å². The molecule has 0 spiro atoms. The largest absolute Gasteiger partial charge is 0.315 e. The third kappa shape index (κ3) is 3.69. The number of likely N-dealkylation sites (tertiary alicyclic amines) is 1. The summed E-state index contributed by atoms with van der Waals surface area (Å²) >= 11 is 0. The van der Waals surface area contributed by atoms with Gasteiger partial charge in [0.1, 0.15) is 0 Å². The lowest BCUT2D eigenvalue weighted by Gasteiger charge is -2.20. The standard InChI is InChI=1S/C12H22N2/c1-4-5-7-13-9-12-6-8-14(10-12)11(2)3/h1,11-13H,5-10H2,2-3H3. The van der Waals surface area contributed by atoms with Crippen molar-refractivity contribution in [3.8, 4) is 12.3 Å². The second-order valence-corrected chi connectivity index (χ2v) is 4.40. The van der Waals surface area contributed by atoms with Crippen LogP contribution in [0.25, 0.3) is 0 Å². The van der Waals surface area contributed by atoms with Gasteiger partial charge in [0.2, 0.25) is 0 Å². The van der Waals surface area contributed by atoms with Crippen molar-refractivity contribution in [3.05, 3.63) is 0 Å². The molecule has 1 heterocycles. The number of hydrogen-bond donors (Lipinski definition) is 1. The van der Waals surface area contributed by atoms with Gasteiger partial charge in [0, 0.05) is 25.6 Å². The van der Waals surface area contributed by atoms with Crippen LogP contribution in [0.1, 0.15) is 26.7 Å². The Morgan fingerprint density at radius 2 is 2.36 bits per heavy atom. The maximum Gasteiger partial charge on any atom is 0.0211 e. The number of rotatable bonds is 5. The molecule has 1 unspecified atom stereocenters. The minimum Gasteiger partial charge on any atom is -0.315 e. The Labute approximate surface area is 88.1 Å². The Morgan fingerprint density at radius 3 is 2.93 bits per heavy atom. The Balaban J connectivity index is 2.08. The Morgan fingerprint density at radius 1 is 1.57 bits per heavy atom. The Bertz CT molecular complexity index is 193. The topological polar surface area (TPSA) is 15.3 Å². The first-order chi connectivity index (χ1) is 6.74. The van der Waals surface area contributed by atoms with Crippen LogP contribution < -0.4 is 5.32 Å². The fourth-order valence-electron chi connectivity index (χ4n) is 1.96. The molecule has 0 aromatic heterocycles. The summed E-state index contributed by atoms with van der Waals surface area (Å²) in [6.07, 6.45) is 7.37. The zero-order chi connectivity index (χ0) is 10.4. The summed E-state index contributed by atoms with van der Waals surface area (Å²) in [5, 5.41) is 3.42. The molecular formula is C12H22N2. The molecule has 2 nitrogen and oxygen atoms in total. The molecule has 80 valence electrons. The molecule has 1 fully saturated rings. The predicted octanol–water partition coefficient (Wildman–Crippen LogP) is 1.33. The van der Waals surface area contributed by atoms with E-state index in [2.05, 4.69) is 30.0 Å². The van der Waals surface area contributed by atoms with Crippen LogP contribution in [0.5, 0.6) is 0 Å². The summed E-state index contributed by atoms with van der Waals surface area (Å²) in [5.41, 5.74) is 0. The van der Waals surface area contributed by atoms with Crippen molar-refractivity contribution in [2.45, 2.75) is 32.7 Å². The number of terminal acetylenes is 1. The van der Waals surface area contributed by atoms with E-state index in [-0.39, 0.29) is 0 Å². The molecule has 2 heteroatoms. The van der Waals surface area contributed by atoms with Gasteiger partial charge in [-0.25, -0.2) is 0 Å². The number of hydrogen-bond acceptors (Lipinski definition) is 2. The fourth-order valence-corrected chi connectivity index (χ4v) is 1.96. The maximum absolute atomic E-state index is 5.19. The molecule has 1 N–H and O–H groups in total. The van der Waals surface area contributed by atoms with E-state index in [1.807, 2.05) is 0 Å². The van der Waals surface area contributed by atoms with Crippen LogP contribution in [0.3, 0.4) is 0 Å². The monoisotopic (exact) mass is 194 g/mol. The number of nitrogens with zero attached hydrogens (tertiary/aromatic N) is 1. The van der Waals surface area contributed by atoms with Gasteiger partial charge in [-0.1, -0.05) is 0 Å². The van der Waals surface area contributed by atoms with Gasteiger partial charge in [0.05, 0.1) is 0 Å². The second-order valence-electron chi connectivity index (χ2n) is 4.40. The lowest BCUT2D eigenvalue weighted by molar-refractivity contribution is 0.264. The lowest BCUT2D eigenvalue weighted by Crippen LogP contribution is -2.30. The van der Waals surface area contributed by atoms with Crippen LogP contribution in [0, 0.1) is 18.3 Å². The molecule has 0 aliphatic carbocycles. The molecule has 0 bridgehead atoms. The van der Waals surface area contributed by atoms with E-state index in [0.717, 1.165) is 25.4 Å². The summed E-state index contributed by atoms with van der Waals surface area (Å²) in [6, 6.07) is 0.700. The third-order valence-electron chi connectivity index (χ3n) is 2.93. The van der Waals surface area contributed by atoms with E-state index < -0.39 is 0 Å². The highest BCUT2D eigenvalue weighted by Crippen LogP contribution is 2.17. The van der Waals surface area contributed by atoms with Crippen molar-refractivity contribution in [2.75, 3.05) is 26.2 Å². The molecular weight excluding hydrogens is 172 g/mol. The van der Waals surface area contributed by atoms with Crippen LogP contribution in [0.4, 0.5) is 0 Å². The summed E-state index contributed by atoms with van der Waals surface area (Å²) in [4.78, 5) is 2.55. The molecule has 1 atom stereocenters. The first-order valence-electron chi connectivity index (χ1n) is 5.62. The van der Waals surface area contributed by atoms with Crippen LogP contribution in [0.15, 0.2) is 0 Å². The minimum atomic E-state index is 0.700. The predicted molar refractivity (Wildman–Crippen MR) is 61.1 cm³/mol. The summed E-state index contributed by atoms with van der Waals surface area (Å²) < 4.78 is 0. The molecule has 0 saturated carbocycles. The van der Waals surface area contributed by atoms with E-state index in [1.165, 1.54) is 19.5 Å². The van der Waals surface area contributed by atoms with E-state index in [1.54, 1.807) is 0 Å². The van der Waals surface area contributed by atoms with Gasteiger partial charge in [-0.05, 0) is 39.3 Å². The van der Waals surface area contributed by atoms with Crippen LogP contribution >= 0.6 is 0 Å². The molecule has 0 aromatic carbocycles. The van der Waals surface area contributed by atoms with Crippen molar-refractivity contribution in [1.82, 2.24) is 10.2 Å². The third-order valence-corrected chi connectivity index (χ3v) is 2.93. The molecule has 0 amide bonds. The quantitative estimate of drug-likeness (QED) is 0.525. The molecule has 0 radical (unpaired) electrons. The van der Waals surface area contributed by atoms with Gasteiger partial charge >= 0.3 is 0 Å². The summed E-state index contributed by atoms with van der Waals surface area (Å²) in [7, 11) is 0. The van der Waals surface area contributed by atoms with Gasteiger partial charge in [0.25, 0.3) is 0 Å². The molecule has 1 saturated heterocycles. The van der Waals surface area contributed by atoms with Crippen molar-refractivity contribution < 1.29 is 0 Å². The molecule has 1 rings (SSSR count). The van der Waals surface area contributed by atoms with E-state index in [0.29, 0.717) is 6.04 Å². The first-order valence-corrected chi connectivity index (χ1v) is 5.62. The molecule has 1 aliphatic rings. The van der Waals surface area contributed by atoms with Gasteiger partial charge in [-0.2, -0.15) is 0 Å². The smallest absolute Gasteiger partial charge is 0.0211 e. The average molecular weight is 194 g/mol. The highest BCUT2D eigenvalue weighted by Gasteiger charge is 2.23. The highest BCUT2D eigenvalue weighted by molar-refractivity contribution is 4.85. The molecule has 14 heavy (non-hydrogen) atoms. The SMILES string of the molecule is C#CCCNCC1CCN(C(C)C)C1. The normalized spacial score (nSPS) is 22.9. The van der Waals surface area contributed by atoms with E-state index in [9.17, 15) is 0 Å². The second kappa shape index (κ2) is 6.06. The van der Waals surface area contributed by atoms with Gasteiger partial charge < -0.3 is 10.2 Å². The van der Waals surface area contributed by atoms with E-state index >= 15 is 0 Å². The van der Waals surface area contributed by atoms with Crippen molar-refractivity contribution in [2.24, 2.45) is 5.92 Å². The highest BCUT2D eigenvalue weighted by atomic mass is 15.2. The van der Waals surface area contributed by atoms with Crippen LogP contribution in [-0.4, -0.2) is 37.1 Å². The minimum absolute atomic E-state index is 0.700. The zero-order valence-corrected chi connectivity index (χ0v) is 9.42. The van der Waals surface area contributed by atoms with Crippen LogP contribution in [0.2, 0.25) is 0 Å². The number of nitrogens with one attached hydrogen (secondary N) is 1. The Hall–Kier alpha value is -0.520. The summed E-state index contributed by atoms with van der Waals surface area (Å²) in [6.45, 7) is 9.15. The van der Waals surface area contributed by atoms with E-state index in [4.69, 9.17) is 6.42 Å². The van der Waals surface area contributed by atoms with Gasteiger partial charge in [-0.15, -0.1) is 12.3 Å². The fraction of sp³-hybridized carbons (Fsp3) is 0.833. The average Bonchev–Trinajstić information content (AvgIpc) is 2.61. The Kier molecular flexibility index (Phi) is 5.00. The lowest BCUT2D eigenvalue weighted by atomic mass is 10.1. The summed E-state index contributed by atoms with van der Waals surface area (Å²) in [5.74, 6) is 3.48. The zero-order valence-electron chi connectivity index (χ0n) is 9.42. The maximum atomic E-state index is 5.19. The van der Waals surface area contributed by atoms with Crippen molar-refractivity contribution in [3.63, 3.8) is 0 Å². The van der Waals surface area contributed by atoms with Crippen molar-refractivity contribution in [1.29, 1.82) is 0 Å². The van der Waals surface area contributed by atoms with Gasteiger partial charge in [-0.3, -0.25) is 0 Å². The van der Waals surface area contributed by atoms with Gasteiger partial charge in [0.15, 0.2) is 0 Å². The first kappa shape index (κ1) is 11.6. The molecule has 0 aromatic rings. The molecule has 1 aliphatic heterocycles. The van der Waals surface area contributed by atoms with Crippen molar-refractivity contribution >= 4 is 0 Å².